The van der Waals surface area contributed by atoms with Crippen LogP contribution >= 0.6 is 23.4 Å². The van der Waals surface area contributed by atoms with Crippen molar-refractivity contribution in [2.24, 2.45) is 0 Å². The van der Waals surface area contributed by atoms with E-state index < -0.39 is 11.7 Å². The fourth-order valence-corrected chi connectivity index (χ4v) is 3.58. The van der Waals surface area contributed by atoms with Crippen LogP contribution in [-0.4, -0.2) is 32.3 Å². The minimum atomic E-state index is -0.588. The summed E-state index contributed by atoms with van der Waals surface area (Å²) < 4.78 is 15.5. The lowest BCUT2D eigenvalue weighted by Gasteiger charge is -2.09. The van der Waals surface area contributed by atoms with E-state index in [4.69, 9.17) is 11.6 Å². The quantitative estimate of drug-likeness (QED) is 0.513. The fourth-order valence-electron chi connectivity index (χ4n) is 2.63. The molecule has 1 aromatic heterocycles. The summed E-state index contributed by atoms with van der Waals surface area (Å²) >= 11 is 7.07. The molecule has 3 aromatic rings. The maximum atomic E-state index is 13.7. The molecule has 2 aromatic carbocycles. The van der Waals surface area contributed by atoms with E-state index in [1.807, 2.05) is 6.92 Å². The Morgan fingerprint density at radius 1 is 1.13 bits per heavy atom. The highest BCUT2D eigenvalue weighted by Crippen LogP contribution is 2.19. The number of carbonyl (C=O) groups is 2. The zero-order valence-corrected chi connectivity index (χ0v) is 17.6. The van der Waals surface area contributed by atoms with Crippen LogP contribution in [-0.2, 0) is 17.9 Å². The minimum absolute atomic E-state index is 0.0338. The van der Waals surface area contributed by atoms with Crippen LogP contribution < -0.4 is 10.6 Å². The summed E-state index contributed by atoms with van der Waals surface area (Å²) in [4.78, 5) is 24.3. The summed E-state index contributed by atoms with van der Waals surface area (Å²) in [7, 11) is 0. The molecular weight excluding hydrogens is 429 g/mol. The van der Waals surface area contributed by atoms with Gasteiger partial charge in [-0.05, 0) is 43.3 Å². The normalized spacial score (nSPS) is 10.6. The molecule has 2 amide bonds. The van der Waals surface area contributed by atoms with Crippen molar-refractivity contribution in [2.75, 3.05) is 11.1 Å². The largest absolute Gasteiger partial charge is 0.345 e. The lowest BCUT2D eigenvalue weighted by molar-refractivity contribution is -0.113. The van der Waals surface area contributed by atoms with Gasteiger partial charge in [-0.2, -0.15) is 0 Å². The number of hydrogen-bond donors (Lipinski definition) is 2. The van der Waals surface area contributed by atoms with Crippen molar-refractivity contribution in [3.63, 3.8) is 0 Å². The third-order valence-electron chi connectivity index (χ3n) is 4.10. The molecule has 0 atom stereocenters. The van der Waals surface area contributed by atoms with Crippen molar-refractivity contribution in [3.8, 4) is 0 Å². The van der Waals surface area contributed by atoms with Gasteiger partial charge in [-0.1, -0.05) is 35.5 Å². The predicted molar refractivity (Wildman–Crippen MR) is 114 cm³/mol. The summed E-state index contributed by atoms with van der Waals surface area (Å²) in [6, 6.07) is 12.6. The van der Waals surface area contributed by atoms with Crippen molar-refractivity contribution in [3.05, 3.63) is 70.8 Å². The summed E-state index contributed by atoms with van der Waals surface area (Å²) in [5.41, 5.74) is 0.618. The lowest BCUT2D eigenvalue weighted by Crippen LogP contribution is -2.25. The second-order valence-corrected chi connectivity index (χ2v) is 7.53. The summed E-state index contributed by atoms with van der Waals surface area (Å²) in [6.45, 7) is 2.55. The molecule has 0 radical (unpaired) electrons. The highest BCUT2D eigenvalue weighted by Gasteiger charge is 2.16. The predicted octanol–water partition coefficient (Wildman–Crippen LogP) is 3.75. The Morgan fingerprint density at radius 3 is 2.57 bits per heavy atom. The number of benzene rings is 2. The molecule has 156 valence electrons. The molecule has 0 aliphatic carbocycles. The zero-order valence-electron chi connectivity index (χ0n) is 16.1. The van der Waals surface area contributed by atoms with Gasteiger partial charge in [0.05, 0.1) is 17.9 Å². The van der Waals surface area contributed by atoms with Gasteiger partial charge in [0.15, 0.2) is 11.0 Å². The van der Waals surface area contributed by atoms with Crippen molar-refractivity contribution < 1.29 is 14.0 Å². The van der Waals surface area contributed by atoms with E-state index >= 15 is 0 Å². The Labute approximate surface area is 182 Å². The molecule has 0 aliphatic rings. The van der Waals surface area contributed by atoms with Crippen molar-refractivity contribution in [1.82, 2.24) is 20.1 Å². The molecule has 2 N–H and O–H groups in total. The van der Waals surface area contributed by atoms with E-state index in [1.165, 1.54) is 30.0 Å². The van der Waals surface area contributed by atoms with Crippen molar-refractivity contribution in [2.45, 2.75) is 25.2 Å². The van der Waals surface area contributed by atoms with Gasteiger partial charge in [-0.25, -0.2) is 4.39 Å². The summed E-state index contributed by atoms with van der Waals surface area (Å²) in [6.07, 6.45) is 0. The number of rotatable bonds is 8. The highest BCUT2D eigenvalue weighted by atomic mass is 35.5. The van der Waals surface area contributed by atoms with Gasteiger partial charge in [0.1, 0.15) is 5.82 Å². The Hall–Kier alpha value is -2.91. The van der Waals surface area contributed by atoms with Gasteiger partial charge in [-0.15, -0.1) is 10.2 Å². The van der Waals surface area contributed by atoms with Gasteiger partial charge >= 0.3 is 0 Å². The summed E-state index contributed by atoms with van der Waals surface area (Å²) in [5, 5.41) is 14.8. The number of nitrogens with one attached hydrogen (secondary N) is 2. The monoisotopic (exact) mass is 447 g/mol. The molecule has 7 nitrogen and oxygen atoms in total. The van der Waals surface area contributed by atoms with Crippen LogP contribution in [0.4, 0.5) is 10.1 Å². The zero-order chi connectivity index (χ0) is 21.5. The van der Waals surface area contributed by atoms with E-state index in [9.17, 15) is 14.0 Å². The average Bonchev–Trinajstić information content (AvgIpc) is 3.14. The number of thioether (sulfide) groups is 1. The molecule has 0 saturated heterocycles. The number of carbonyl (C=O) groups excluding carboxylic acids is 2. The Balaban J connectivity index is 1.57. The van der Waals surface area contributed by atoms with Crippen LogP contribution in [0.2, 0.25) is 5.02 Å². The minimum Gasteiger partial charge on any atom is -0.345 e. The van der Waals surface area contributed by atoms with E-state index in [0.717, 1.165) is 0 Å². The molecule has 3 rings (SSSR count). The Morgan fingerprint density at radius 2 is 1.87 bits per heavy atom. The standard InChI is InChI=1S/C20H19ClFN5O2S/c1-2-27-17(11-23-19(29)15-5-3-4-6-16(15)22)25-26-20(27)30-12-18(28)24-14-9-7-13(21)8-10-14/h3-10H,2,11-12H2,1H3,(H,23,29)(H,24,28). The first-order chi connectivity index (χ1) is 14.5. The topological polar surface area (TPSA) is 88.9 Å². The number of amides is 2. The number of aromatic nitrogens is 3. The maximum absolute atomic E-state index is 13.7. The summed E-state index contributed by atoms with van der Waals surface area (Å²) in [5.74, 6) is -0.655. The highest BCUT2D eigenvalue weighted by molar-refractivity contribution is 7.99. The number of hydrogen-bond acceptors (Lipinski definition) is 5. The van der Waals surface area contributed by atoms with Gasteiger partial charge in [0, 0.05) is 17.3 Å². The maximum Gasteiger partial charge on any atom is 0.254 e. The second-order valence-electron chi connectivity index (χ2n) is 6.15. The van der Waals surface area contributed by atoms with Gasteiger partial charge < -0.3 is 15.2 Å². The molecule has 1 heterocycles. The van der Waals surface area contributed by atoms with Gasteiger partial charge in [0.25, 0.3) is 5.91 Å². The molecular formula is C20H19ClFN5O2S. The lowest BCUT2D eigenvalue weighted by atomic mass is 10.2. The molecule has 0 bridgehead atoms. The van der Waals surface area contributed by atoms with Gasteiger partial charge in [-0.3, -0.25) is 9.59 Å². The number of anilines is 1. The van der Waals surface area contributed by atoms with Crippen LogP contribution in [0.15, 0.2) is 53.7 Å². The Bertz CT molecular complexity index is 1040. The van der Waals surface area contributed by atoms with Crippen LogP contribution in [0.1, 0.15) is 23.1 Å². The first kappa shape index (κ1) is 21.8. The molecule has 0 saturated carbocycles. The van der Waals surface area contributed by atoms with Crippen LogP contribution in [0, 0.1) is 5.82 Å². The van der Waals surface area contributed by atoms with E-state index in [-0.39, 0.29) is 23.8 Å². The van der Waals surface area contributed by atoms with E-state index in [1.54, 1.807) is 34.9 Å². The third kappa shape index (κ3) is 5.58. The molecule has 0 unspecified atom stereocenters. The number of halogens is 2. The van der Waals surface area contributed by atoms with Crippen molar-refractivity contribution >= 4 is 40.9 Å². The van der Waals surface area contributed by atoms with Crippen LogP contribution in [0.25, 0.3) is 0 Å². The fraction of sp³-hybridized carbons (Fsp3) is 0.200. The average molecular weight is 448 g/mol. The van der Waals surface area contributed by atoms with Crippen LogP contribution in [0.5, 0.6) is 0 Å². The first-order valence-corrected chi connectivity index (χ1v) is 10.5. The first-order valence-electron chi connectivity index (χ1n) is 9.11. The molecule has 0 spiro atoms. The third-order valence-corrected chi connectivity index (χ3v) is 5.31. The van der Waals surface area contributed by atoms with E-state index in [0.29, 0.717) is 28.2 Å². The Kier molecular flexibility index (Phi) is 7.42. The van der Waals surface area contributed by atoms with E-state index in [2.05, 4.69) is 20.8 Å². The van der Waals surface area contributed by atoms with Crippen molar-refractivity contribution in [1.29, 1.82) is 0 Å². The molecule has 30 heavy (non-hydrogen) atoms. The van der Waals surface area contributed by atoms with Crippen LogP contribution in [0.3, 0.4) is 0 Å². The second kappa shape index (κ2) is 10.2. The van der Waals surface area contributed by atoms with Gasteiger partial charge in [0.2, 0.25) is 5.91 Å². The molecule has 0 fully saturated rings. The molecule has 10 heteroatoms. The SMILES string of the molecule is CCn1c(CNC(=O)c2ccccc2F)nnc1SCC(=O)Nc1ccc(Cl)cc1. The number of nitrogens with zero attached hydrogens (tertiary/aromatic N) is 3. The smallest absolute Gasteiger partial charge is 0.254 e. The molecule has 0 aliphatic heterocycles.